The molecule has 0 saturated heterocycles. The first kappa shape index (κ1) is 10.2. The van der Waals surface area contributed by atoms with Crippen LogP contribution in [0.2, 0.25) is 0 Å². The van der Waals surface area contributed by atoms with Crippen molar-refractivity contribution >= 4 is 0 Å². The summed E-state index contributed by atoms with van der Waals surface area (Å²) in [5.41, 5.74) is 2.35. The van der Waals surface area contributed by atoms with Crippen LogP contribution < -0.4 is 0 Å². The molecule has 1 aromatic heterocycles. The Labute approximate surface area is 79.0 Å². The third kappa shape index (κ3) is 2.06. The number of aromatic nitrogens is 1. The number of nitrogens with zero attached hydrogens (tertiary/aromatic N) is 1. The van der Waals surface area contributed by atoms with E-state index in [4.69, 9.17) is 0 Å². The van der Waals surface area contributed by atoms with E-state index in [0.29, 0.717) is 5.69 Å². The maximum absolute atomic E-state index is 13.2. The summed E-state index contributed by atoms with van der Waals surface area (Å²) in [5, 5.41) is 0. The summed E-state index contributed by atoms with van der Waals surface area (Å²) in [6.07, 6.45) is 0. The van der Waals surface area contributed by atoms with Crippen LogP contribution >= 0.6 is 0 Å². The minimum Gasteiger partial charge on any atom is -0.255 e. The lowest BCUT2D eigenvalue weighted by Crippen LogP contribution is -2.15. The first-order valence-corrected chi connectivity index (χ1v) is 4.46. The van der Waals surface area contributed by atoms with Gasteiger partial charge in [0, 0.05) is 5.69 Å². The van der Waals surface area contributed by atoms with E-state index in [-0.39, 0.29) is 11.2 Å². The zero-order valence-corrected chi connectivity index (χ0v) is 8.90. The summed E-state index contributed by atoms with van der Waals surface area (Å²) in [6, 6.07) is 1.59. The van der Waals surface area contributed by atoms with Crippen molar-refractivity contribution in [1.29, 1.82) is 0 Å². The van der Waals surface area contributed by atoms with Gasteiger partial charge in [-0.05, 0) is 30.9 Å². The Balaban J connectivity index is 3.32. The second-order valence-corrected chi connectivity index (χ2v) is 4.44. The van der Waals surface area contributed by atoms with Gasteiger partial charge in [0.1, 0.15) is 5.82 Å². The van der Waals surface area contributed by atoms with Crippen molar-refractivity contribution in [3.05, 3.63) is 28.8 Å². The van der Waals surface area contributed by atoms with Crippen LogP contribution in [0.3, 0.4) is 0 Å². The molecule has 0 atom stereocenters. The monoisotopic (exact) mass is 181 g/mol. The van der Waals surface area contributed by atoms with Gasteiger partial charge >= 0.3 is 0 Å². The summed E-state index contributed by atoms with van der Waals surface area (Å²) in [7, 11) is 0. The van der Waals surface area contributed by atoms with Crippen molar-refractivity contribution in [3.63, 3.8) is 0 Å². The third-order valence-corrected chi connectivity index (χ3v) is 2.15. The molecule has 0 fully saturated rings. The first-order chi connectivity index (χ1) is 5.82. The Hall–Kier alpha value is -0.920. The molecule has 0 aromatic carbocycles. The Morgan fingerprint density at radius 2 is 1.69 bits per heavy atom. The summed E-state index contributed by atoms with van der Waals surface area (Å²) < 4.78 is 13.2. The number of halogens is 1. The fourth-order valence-corrected chi connectivity index (χ4v) is 1.46. The fourth-order valence-electron chi connectivity index (χ4n) is 1.46. The van der Waals surface area contributed by atoms with Crippen LogP contribution in [-0.4, -0.2) is 4.98 Å². The van der Waals surface area contributed by atoms with Crippen LogP contribution in [0.1, 0.15) is 37.7 Å². The Kier molecular flexibility index (Phi) is 2.42. The summed E-state index contributed by atoms with van der Waals surface area (Å²) in [6.45, 7) is 9.80. The average Bonchev–Trinajstić information content (AvgIpc) is 1.94. The molecule has 1 heterocycles. The highest BCUT2D eigenvalue weighted by atomic mass is 19.1. The quantitative estimate of drug-likeness (QED) is 0.599. The molecule has 0 amide bonds. The molecule has 0 bridgehead atoms. The molecular weight excluding hydrogens is 165 g/mol. The highest BCUT2D eigenvalue weighted by molar-refractivity contribution is 5.29. The Morgan fingerprint density at radius 1 is 1.15 bits per heavy atom. The van der Waals surface area contributed by atoms with Crippen molar-refractivity contribution in [2.45, 2.75) is 40.0 Å². The minimum absolute atomic E-state index is 0.0361. The molecule has 72 valence electrons. The topological polar surface area (TPSA) is 12.9 Å². The molecule has 0 aliphatic carbocycles. The highest BCUT2D eigenvalue weighted by Crippen LogP contribution is 2.25. The van der Waals surface area contributed by atoms with Crippen LogP contribution in [0.15, 0.2) is 6.07 Å². The lowest BCUT2D eigenvalue weighted by atomic mass is 9.86. The fraction of sp³-hybridized carbons (Fsp3) is 0.545. The molecule has 0 N–H and O–H groups in total. The predicted molar refractivity (Wildman–Crippen MR) is 52.4 cm³/mol. The van der Waals surface area contributed by atoms with Crippen molar-refractivity contribution in [2.24, 2.45) is 0 Å². The zero-order chi connectivity index (χ0) is 10.2. The Morgan fingerprint density at radius 3 is 2.15 bits per heavy atom. The number of hydrogen-bond acceptors (Lipinski definition) is 1. The normalized spacial score (nSPS) is 11.8. The van der Waals surface area contributed by atoms with Gasteiger partial charge in [0.15, 0.2) is 0 Å². The standard InChI is InChI=1S/C11H16FN/c1-7-9(11(3,4)5)6-10(12)8(2)13-7/h6H,1-5H3. The number of pyridine rings is 1. The molecule has 0 aliphatic rings. The van der Waals surface area contributed by atoms with E-state index in [9.17, 15) is 4.39 Å². The van der Waals surface area contributed by atoms with E-state index < -0.39 is 0 Å². The van der Waals surface area contributed by atoms with Crippen molar-refractivity contribution < 1.29 is 4.39 Å². The van der Waals surface area contributed by atoms with Gasteiger partial charge in [0.05, 0.1) is 5.69 Å². The molecule has 0 saturated carbocycles. The van der Waals surface area contributed by atoms with Gasteiger partial charge in [0.2, 0.25) is 0 Å². The molecule has 0 aliphatic heterocycles. The molecule has 1 nitrogen and oxygen atoms in total. The van der Waals surface area contributed by atoms with E-state index in [2.05, 4.69) is 25.8 Å². The predicted octanol–water partition coefficient (Wildman–Crippen LogP) is 3.14. The average molecular weight is 181 g/mol. The Bertz CT molecular complexity index is 324. The zero-order valence-electron chi connectivity index (χ0n) is 8.90. The van der Waals surface area contributed by atoms with Gasteiger partial charge in [-0.15, -0.1) is 0 Å². The van der Waals surface area contributed by atoms with Crippen molar-refractivity contribution in [2.75, 3.05) is 0 Å². The SMILES string of the molecule is Cc1nc(C)c(C(C)(C)C)cc1F. The van der Waals surface area contributed by atoms with Crippen LogP contribution in [0, 0.1) is 19.7 Å². The lowest BCUT2D eigenvalue weighted by molar-refractivity contribution is 0.555. The summed E-state index contributed by atoms with van der Waals surface area (Å²) >= 11 is 0. The van der Waals surface area contributed by atoms with E-state index >= 15 is 0 Å². The van der Waals surface area contributed by atoms with Crippen LogP contribution in [0.5, 0.6) is 0 Å². The number of hydrogen-bond donors (Lipinski definition) is 0. The molecule has 0 spiro atoms. The second kappa shape index (κ2) is 3.09. The molecular formula is C11H16FN. The largest absolute Gasteiger partial charge is 0.255 e. The third-order valence-electron chi connectivity index (χ3n) is 2.15. The molecule has 0 radical (unpaired) electrons. The van der Waals surface area contributed by atoms with Crippen LogP contribution in [0.25, 0.3) is 0 Å². The highest BCUT2D eigenvalue weighted by Gasteiger charge is 2.18. The number of aryl methyl sites for hydroxylation is 2. The lowest BCUT2D eigenvalue weighted by Gasteiger charge is -2.21. The minimum atomic E-state index is -0.212. The van der Waals surface area contributed by atoms with Crippen molar-refractivity contribution in [1.82, 2.24) is 4.98 Å². The van der Waals surface area contributed by atoms with Gasteiger partial charge in [0.25, 0.3) is 0 Å². The van der Waals surface area contributed by atoms with Crippen LogP contribution in [-0.2, 0) is 5.41 Å². The first-order valence-electron chi connectivity index (χ1n) is 4.46. The number of rotatable bonds is 0. The second-order valence-electron chi connectivity index (χ2n) is 4.44. The van der Waals surface area contributed by atoms with E-state index in [1.165, 1.54) is 0 Å². The van der Waals surface area contributed by atoms with Gasteiger partial charge < -0.3 is 0 Å². The molecule has 2 heteroatoms. The smallest absolute Gasteiger partial charge is 0.144 e. The summed E-state index contributed by atoms with van der Waals surface area (Å²) in [5.74, 6) is -0.212. The van der Waals surface area contributed by atoms with Gasteiger partial charge in [-0.1, -0.05) is 20.8 Å². The molecule has 1 rings (SSSR count). The van der Waals surface area contributed by atoms with Gasteiger partial charge in [-0.25, -0.2) is 4.39 Å². The van der Waals surface area contributed by atoms with Gasteiger partial charge in [-0.3, -0.25) is 4.98 Å². The molecule has 0 unspecified atom stereocenters. The van der Waals surface area contributed by atoms with Gasteiger partial charge in [-0.2, -0.15) is 0 Å². The van der Waals surface area contributed by atoms with Crippen LogP contribution in [0.4, 0.5) is 4.39 Å². The maximum Gasteiger partial charge on any atom is 0.144 e. The molecule has 13 heavy (non-hydrogen) atoms. The van der Waals surface area contributed by atoms with E-state index in [1.54, 1.807) is 13.0 Å². The van der Waals surface area contributed by atoms with E-state index in [1.807, 2.05) is 6.92 Å². The van der Waals surface area contributed by atoms with Crippen molar-refractivity contribution in [3.8, 4) is 0 Å². The van der Waals surface area contributed by atoms with E-state index in [0.717, 1.165) is 11.3 Å². The molecule has 1 aromatic rings. The maximum atomic E-state index is 13.2. The summed E-state index contributed by atoms with van der Waals surface area (Å²) in [4.78, 5) is 4.16.